The van der Waals surface area contributed by atoms with Crippen molar-refractivity contribution in [1.82, 2.24) is 10.6 Å². The molecule has 0 amide bonds. The summed E-state index contributed by atoms with van der Waals surface area (Å²) in [6.07, 6.45) is 0. The Bertz CT molecular complexity index is 647. The molecule has 0 atom stereocenters. The maximum absolute atomic E-state index is 5.32. The standard InChI is InChI=1S/C21H27N3O.HI/c1-21(15-25-16-21)14-24-20(22-2)23-13-19(17-9-5-3-6-10-17)18-11-7-4-8-12-18;/h3-12,19H,13-16H2,1-2H3,(H2,22,23,24);1H. The van der Waals surface area contributed by atoms with Gasteiger partial charge in [-0.1, -0.05) is 67.6 Å². The van der Waals surface area contributed by atoms with Gasteiger partial charge in [0, 0.05) is 31.5 Å². The van der Waals surface area contributed by atoms with E-state index >= 15 is 0 Å². The summed E-state index contributed by atoms with van der Waals surface area (Å²) in [4.78, 5) is 4.36. The third-order valence-corrected chi connectivity index (χ3v) is 4.68. The number of hydrogen-bond acceptors (Lipinski definition) is 2. The summed E-state index contributed by atoms with van der Waals surface area (Å²) in [5.41, 5.74) is 2.82. The highest BCUT2D eigenvalue weighted by Gasteiger charge is 2.33. The van der Waals surface area contributed by atoms with Gasteiger partial charge in [0.15, 0.2) is 5.96 Å². The lowest BCUT2D eigenvalue weighted by Crippen LogP contribution is -2.51. The molecular weight excluding hydrogens is 437 g/mol. The maximum atomic E-state index is 5.32. The summed E-state index contributed by atoms with van der Waals surface area (Å²) in [6, 6.07) is 21.2. The van der Waals surface area contributed by atoms with Crippen LogP contribution in [-0.4, -0.2) is 39.3 Å². The zero-order valence-electron chi connectivity index (χ0n) is 15.4. The monoisotopic (exact) mass is 465 g/mol. The minimum atomic E-state index is 0. The fraction of sp³-hybridized carbons (Fsp3) is 0.381. The van der Waals surface area contributed by atoms with Gasteiger partial charge in [-0.2, -0.15) is 0 Å². The first-order valence-corrected chi connectivity index (χ1v) is 8.82. The van der Waals surface area contributed by atoms with E-state index in [0.717, 1.165) is 32.3 Å². The van der Waals surface area contributed by atoms with Crippen molar-refractivity contribution in [3.63, 3.8) is 0 Å². The Morgan fingerprint density at radius 1 is 1.00 bits per heavy atom. The van der Waals surface area contributed by atoms with Crippen molar-refractivity contribution >= 4 is 29.9 Å². The smallest absolute Gasteiger partial charge is 0.191 e. The minimum Gasteiger partial charge on any atom is -0.380 e. The van der Waals surface area contributed by atoms with Crippen molar-refractivity contribution in [1.29, 1.82) is 0 Å². The highest BCUT2D eigenvalue weighted by Crippen LogP contribution is 2.25. The fourth-order valence-electron chi connectivity index (χ4n) is 3.07. The van der Waals surface area contributed by atoms with Crippen LogP contribution in [0.5, 0.6) is 0 Å². The minimum absolute atomic E-state index is 0. The third kappa shape index (κ3) is 5.45. The molecule has 0 bridgehead atoms. The largest absolute Gasteiger partial charge is 0.380 e. The third-order valence-electron chi connectivity index (χ3n) is 4.68. The molecule has 1 aliphatic heterocycles. The van der Waals surface area contributed by atoms with Crippen LogP contribution >= 0.6 is 24.0 Å². The molecule has 0 spiro atoms. The van der Waals surface area contributed by atoms with Crippen LogP contribution in [0.1, 0.15) is 24.0 Å². The molecule has 3 rings (SSSR count). The lowest BCUT2D eigenvalue weighted by molar-refractivity contribution is -0.0971. The van der Waals surface area contributed by atoms with Gasteiger partial charge in [-0.3, -0.25) is 4.99 Å². The molecule has 0 aromatic heterocycles. The molecule has 1 saturated heterocycles. The number of halogens is 1. The number of hydrogen-bond donors (Lipinski definition) is 2. The zero-order valence-corrected chi connectivity index (χ0v) is 17.8. The molecule has 26 heavy (non-hydrogen) atoms. The van der Waals surface area contributed by atoms with Gasteiger partial charge in [-0.15, -0.1) is 24.0 Å². The van der Waals surface area contributed by atoms with Gasteiger partial charge in [-0.05, 0) is 11.1 Å². The molecule has 2 aromatic carbocycles. The van der Waals surface area contributed by atoms with E-state index in [9.17, 15) is 0 Å². The first kappa shape index (κ1) is 20.7. The Labute approximate surface area is 173 Å². The summed E-state index contributed by atoms with van der Waals surface area (Å²) >= 11 is 0. The Kier molecular flexibility index (Phi) is 7.90. The van der Waals surface area contributed by atoms with Crippen LogP contribution < -0.4 is 10.6 Å². The lowest BCUT2D eigenvalue weighted by Gasteiger charge is -2.38. The van der Waals surface area contributed by atoms with E-state index in [1.54, 1.807) is 0 Å². The van der Waals surface area contributed by atoms with Crippen LogP contribution in [0.2, 0.25) is 0 Å². The number of benzene rings is 2. The van der Waals surface area contributed by atoms with Crippen molar-refractivity contribution in [2.45, 2.75) is 12.8 Å². The van der Waals surface area contributed by atoms with Crippen LogP contribution in [-0.2, 0) is 4.74 Å². The molecule has 5 heteroatoms. The highest BCUT2D eigenvalue weighted by atomic mass is 127. The summed E-state index contributed by atoms with van der Waals surface area (Å²) in [6.45, 7) is 5.52. The summed E-state index contributed by atoms with van der Waals surface area (Å²) in [5.74, 6) is 1.12. The molecule has 1 fully saturated rings. The molecule has 0 saturated carbocycles. The first-order chi connectivity index (χ1) is 12.2. The Morgan fingerprint density at radius 3 is 1.96 bits per heavy atom. The van der Waals surface area contributed by atoms with Gasteiger partial charge in [0.1, 0.15) is 0 Å². The topological polar surface area (TPSA) is 45.7 Å². The molecule has 140 valence electrons. The zero-order chi connectivity index (χ0) is 17.5. The van der Waals surface area contributed by atoms with Crippen molar-refractivity contribution in [2.75, 3.05) is 33.4 Å². The number of rotatable bonds is 6. The van der Waals surface area contributed by atoms with Gasteiger partial charge in [-0.25, -0.2) is 0 Å². The number of ether oxygens (including phenoxy) is 1. The number of nitrogens with one attached hydrogen (secondary N) is 2. The van der Waals surface area contributed by atoms with E-state index in [2.05, 4.69) is 83.2 Å². The van der Waals surface area contributed by atoms with Gasteiger partial charge in [0.2, 0.25) is 0 Å². The molecule has 0 aliphatic carbocycles. The quantitative estimate of drug-likeness (QED) is 0.389. The first-order valence-electron chi connectivity index (χ1n) is 8.82. The van der Waals surface area contributed by atoms with E-state index in [0.29, 0.717) is 0 Å². The van der Waals surface area contributed by atoms with E-state index in [1.807, 2.05) is 7.05 Å². The Hall–Kier alpha value is -1.60. The lowest BCUT2D eigenvalue weighted by atomic mass is 9.89. The number of aliphatic imine (C=N–C) groups is 1. The normalized spacial score (nSPS) is 15.7. The predicted molar refractivity (Wildman–Crippen MR) is 118 cm³/mol. The van der Waals surface area contributed by atoms with Gasteiger partial charge in [0.25, 0.3) is 0 Å². The molecular formula is C21H28IN3O. The van der Waals surface area contributed by atoms with Crippen LogP contribution in [0.25, 0.3) is 0 Å². The van der Waals surface area contributed by atoms with Crippen LogP contribution in [0.3, 0.4) is 0 Å². The van der Waals surface area contributed by atoms with E-state index in [4.69, 9.17) is 4.74 Å². The van der Waals surface area contributed by atoms with Crippen LogP contribution in [0.4, 0.5) is 0 Å². The maximum Gasteiger partial charge on any atom is 0.191 e. The molecule has 2 N–H and O–H groups in total. The fourth-order valence-corrected chi connectivity index (χ4v) is 3.07. The second-order valence-electron chi connectivity index (χ2n) is 6.98. The van der Waals surface area contributed by atoms with Crippen molar-refractivity contribution in [2.24, 2.45) is 10.4 Å². The van der Waals surface area contributed by atoms with Crippen molar-refractivity contribution in [3.8, 4) is 0 Å². The molecule has 1 aliphatic rings. The SMILES string of the molecule is CN=C(NCC(c1ccccc1)c1ccccc1)NCC1(C)COC1.I. The molecule has 1 heterocycles. The van der Waals surface area contributed by atoms with Gasteiger partial charge < -0.3 is 15.4 Å². The van der Waals surface area contributed by atoms with Crippen molar-refractivity contribution < 1.29 is 4.74 Å². The predicted octanol–water partition coefficient (Wildman–Crippen LogP) is 3.64. The summed E-state index contributed by atoms with van der Waals surface area (Å²) in [7, 11) is 1.81. The van der Waals surface area contributed by atoms with Crippen LogP contribution in [0, 0.1) is 5.41 Å². The van der Waals surface area contributed by atoms with E-state index in [-0.39, 0.29) is 35.3 Å². The highest BCUT2D eigenvalue weighted by molar-refractivity contribution is 14.0. The second kappa shape index (κ2) is 9.92. The molecule has 2 aromatic rings. The van der Waals surface area contributed by atoms with Gasteiger partial charge >= 0.3 is 0 Å². The van der Waals surface area contributed by atoms with Crippen LogP contribution in [0.15, 0.2) is 65.7 Å². The number of guanidine groups is 1. The van der Waals surface area contributed by atoms with E-state index < -0.39 is 0 Å². The average molecular weight is 465 g/mol. The number of nitrogens with zero attached hydrogens (tertiary/aromatic N) is 1. The Morgan fingerprint density at radius 2 is 1.54 bits per heavy atom. The molecule has 0 radical (unpaired) electrons. The molecule has 0 unspecified atom stereocenters. The van der Waals surface area contributed by atoms with Crippen molar-refractivity contribution in [3.05, 3.63) is 71.8 Å². The average Bonchev–Trinajstić information content (AvgIpc) is 2.64. The molecule has 4 nitrogen and oxygen atoms in total. The van der Waals surface area contributed by atoms with E-state index in [1.165, 1.54) is 11.1 Å². The van der Waals surface area contributed by atoms with Gasteiger partial charge in [0.05, 0.1) is 13.2 Å². The summed E-state index contributed by atoms with van der Waals surface area (Å²) in [5, 5.41) is 6.91. The Balaban J connectivity index is 0.00000243. The second-order valence-corrected chi connectivity index (χ2v) is 6.98. The summed E-state index contributed by atoms with van der Waals surface area (Å²) < 4.78 is 5.32.